The maximum atomic E-state index is 13.1. The second-order valence-corrected chi connectivity index (χ2v) is 8.54. The Labute approximate surface area is 210 Å². The van der Waals surface area contributed by atoms with Crippen LogP contribution in [0.1, 0.15) is 46.8 Å². The summed E-state index contributed by atoms with van der Waals surface area (Å²) >= 11 is 0. The van der Waals surface area contributed by atoms with Crippen LogP contribution in [0.25, 0.3) is 0 Å². The first-order valence-electron chi connectivity index (χ1n) is 11.4. The van der Waals surface area contributed by atoms with Crippen LogP contribution in [0, 0.1) is 5.82 Å². The Morgan fingerprint density at radius 2 is 1.46 bits per heavy atom. The summed E-state index contributed by atoms with van der Waals surface area (Å²) in [6.45, 7) is 3.62. The number of benzene rings is 3. The quantitative estimate of drug-likeness (QED) is 0.364. The van der Waals surface area contributed by atoms with E-state index in [0.717, 1.165) is 18.7 Å². The SMILES string of the molecule is C[C@H](c1ccccc1)N1CCOC[C@H]1c1ccc(F)cc1.OCc1cc(C(F)(F)F)cc(C(F)(F)F)c1. The molecular weight excluding hydrogens is 503 g/mol. The summed E-state index contributed by atoms with van der Waals surface area (Å²) in [5.74, 6) is -0.196. The molecule has 3 aromatic rings. The molecule has 0 aliphatic carbocycles. The van der Waals surface area contributed by atoms with E-state index >= 15 is 0 Å². The van der Waals surface area contributed by atoms with Crippen molar-refractivity contribution in [2.24, 2.45) is 0 Å². The number of halogens is 7. The summed E-state index contributed by atoms with van der Waals surface area (Å²) in [6, 6.07) is 18.7. The molecule has 10 heteroatoms. The first-order valence-corrected chi connectivity index (χ1v) is 11.4. The number of aliphatic hydroxyl groups is 1. The van der Waals surface area contributed by atoms with Gasteiger partial charge in [-0.2, -0.15) is 26.3 Å². The fourth-order valence-corrected chi connectivity index (χ4v) is 4.09. The molecule has 200 valence electrons. The molecule has 0 amide bonds. The van der Waals surface area contributed by atoms with Crippen molar-refractivity contribution in [3.63, 3.8) is 0 Å². The molecule has 1 N–H and O–H groups in total. The Kier molecular flexibility index (Phi) is 9.33. The average Bonchev–Trinajstić information content (AvgIpc) is 2.88. The largest absolute Gasteiger partial charge is 0.416 e. The molecule has 1 fully saturated rings. The Balaban J connectivity index is 0.000000214. The van der Waals surface area contributed by atoms with Crippen LogP contribution in [-0.4, -0.2) is 29.8 Å². The summed E-state index contributed by atoms with van der Waals surface area (Å²) in [5.41, 5.74) is -0.870. The third-order valence-corrected chi connectivity index (χ3v) is 6.03. The van der Waals surface area contributed by atoms with Gasteiger partial charge in [-0.15, -0.1) is 0 Å². The van der Waals surface area contributed by atoms with Gasteiger partial charge in [-0.3, -0.25) is 4.90 Å². The molecule has 0 unspecified atom stereocenters. The number of hydrogen-bond donors (Lipinski definition) is 1. The highest BCUT2D eigenvalue weighted by Gasteiger charge is 2.36. The summed E-state index contributed by atoms with van der Waals surface area (Å²) < 4.78 is 92.1. The second kappa shape index (κ2) is 12.1. The Bertz CT molecular complexity index is 1100. The van der Waals surface area contributed by atoms with E-state index in [1.807, 2.05) is 18.2 Å². The summed E-state index contributed by atoms with van der Waals surface area (Å²) in [5, 5.41) is 8.58. The highest BCUT2D eigenvalue weighted by molar-refractivity contribution is 5.33. The molecule has 1 aliphatic rings. The Morgan fingerprint density at radius 1 is 0.892 bits per heavy atom. The van der Waals surface area contributed by atoms with Crippen LogP contribution in [0.3, 0.4) is 0 Å². The minimum atomic E-state index is -4.87. The zero-order valence-corrected chi connectivity index (χ0v) is 19.9. The third kappa shape index (κ3) is 7.77. The van der Waals surface area contributed by atoms with E-state index in [1.54, 1.807) is 0 Å². The number of hydrogen-bond acceptors (Lipinski definition) is 3. The van der Waals surface area contributed by atoms with Gasteiger partial charge in [0.15, 0.2) is 0 Å². The number of rotatable bonds is 4. The molecule has 0 radical (unpaired) electrons. The lowest BCUT2D eigenvalue weighted by atomic mass is 9.99. The smallest absolute Gasteiger partial charge is 0.392 e. The van der Waals surface area contributed by atoms with E-state index in [0.29, 0.717) is 24.8 Å². The van der Waals surface area contributed by atoms with Crippen LogP contribution < -0.4 is 0 Å². The van der Waals surface area contributed by atoms with Gasteiger partial charge in [-0.25, -0.2) is 4.39 Å². The van der Waals surface area contributed by atoms with Gasteiger partial charge < -0.3 is 9.84 Å². The van der Waals surface area contributed by atoms with Crippen molar-refractivity contribution in [3.05, 3.63) is 106 Å². The van der Waals surface area contributed by atoms with Gasteiger partial charge in [0.05, 0.1) is 37.0 Å². The zero-order valence-electron chi connectivity index (χ0n) is 19.9. The topological polar surface area (TPSA) is 32.7 Å². The normalized spacial score (nSPS) is 17.6. The first kappa shape index (κ1) is 28.6. The van der Waals surface area contributed by atoms with Crippen molar-refractivity contribution in [1.82, 2.24) is 4.90 Å². The van der Waals surface area contributed by atoms with Gasteiger partial charge in [0.25, 0.3) is 0 Å². The molecule has 4 rings (SSSR count). The van der Waals surface area contributed by atoms with Crippen molar-refractivity contribution < 1.29 is 40.6 Å². The molecule has 1 aliphatic heterocycles. The van der Waals surface area contributed by atoms with E-state index in [9.17, 15) is 30.7 Å². The molecule has 1 heterocycles. The van der Waals surface area contributed by atoms with Gasteiger partial charge in [0.1, 0.15) is 5.82 Å². The van der Waals surface area contributed by atoms with E-state index in [4.69, 9.17) is 9.84 Å². The number of aliphatic hydroxyl groups excluding tert-OH is 1. The maximum absolute atomic E-state index is 13.1. The molecule has 2 atom stereocenters. The lowest BCUT2D eigenvalue weighted by Gasteiger charge is -2.40. The van der Waals surface area contributed by atoms with Crippen LogP contribution >= 0.6 is 0 Å². The van der Waals surface area contributed by atoms with Crippen molar-refractivity contribution in [1.29, 1.82) is 0 Å². The highest BCUT2D eigenvalue weighted by Crippen LogP contribution is 2.36. The molecule has 0 saturated carbocycles. The fourth-order valence-electron chi connectivity index (χ4n) is 4.09. The Hall–Kier alpha value is -2.95. The number of alkyl halides is 6. The number of morpholine rings is 1. The number of nitrogens with zero attached hydrogens (tertiary/aromatic N) is 1. The molecular formula is C27H26F7NO2. The first-order chi connectivity index (χ1) is 17.4. The van der Waals surface area contributed by atoms with Crippen molar-refractivity contribution in [2.45, 2.75) is 38.0 Å². The van der Waals surface area contributed by atoms with Gasteiger partial charge >= 0.3 is 12.4 Å². The predicted octanol–water partition coefficient (Wildman–Crippen LogP) is 7.18. The van der Waals surface area contributed by atoms with E-state index in [1.165, 1.54) is 17.7 Å². The monoisotopic (exact) mass is 529 g/mol. The molecule has 37 heavy (non-hydrogen) atoms. The number of ether oxygens (including phenoxy) is 1. The molecule has 0 spiro atoms. The summed E-state index contributed by atoms with van der Waals surface area (Å²) in [4.78, 5) is 2.44. The van der Waals surface area contributed by atoms with Gasteiger partial charge in [0, 0.05) is 12.6 Å². The van der Waals surface area contributed by atoms with Crippen LogP contribution in [0.5, 0.6) is 0 Å². The van der Waals surface area contributed by atoms with Crippen LogP contribution in [0.2, 0.25) is 0 Å². The van der Waals surface area contributed by atoms with Crippen LogP contribution in [0.4, 0.5) is 30.7 Å². The predicted molar refractivity (Wildman–Crippen MR) is 124 cm³/mol. The van der Waals surface area contributed by atoms with E-state index in [-0.39, 0.29) is 17.9 Å². The average molecular weight is 529 g/mol. The zero-order chi connectivity index (χ0) is 27.2. The third-order valence-electron chi connectivity index (χ3n) is 6.03. The van der Waals surface area contributed by atoms with E-state index in [2.05, 4.69) is 36.1 Å². The molecule has 3 aromatic carbocycles. The second-order valence-electron chi connectivity index (χ2n) is 8.54. The van der Waals surface area contributed by atoms with Crippen molar-refractivity contribution in [3.8, 4) is 0 Å². The van der Waals surface area contributed by atoms with Crippen LogP contribution in [-0.2, 0) is 23.7 Å². The molecule has 3 nitrogen and oxygen atoms in total. The van der Waals surface area contributed by atoms with Crippen LogP contribution in [0.15, 0.2) is 72.8 Å². The maximum Gasteiger partial charge on any atom is 0.416 e. The molecule has 0 bridgehead atoms. The lowest BCUT2D eigenvalue weighted by molar-refractivity contribution is -0.143. The Morgan fingerprint density at radius 3 is 1.97 bits per heavy atom. The lowest BCUT2D eigenvalue weighted by Crippen LogP contribution is -2.41. The minimum Gasteiger partial charge on any atom is -0.392 e. The van der Waals surface area contributed by atoms with Gasteiger partial charge in [-0.05, 0) is 53.9 Å². The standard InChI is InChI=1S/C18H20FNO.C9H6F6O/c1-14(15-5-3-2-4-6-15)20-11-12-21-13-18(20)16-7-9-17(19)10-8-16;10-8(11,12)6-1-5(4-16)2-7(3-6)9(13,14)15/h2-10,14,18H,11-13H2,1H3;1-3,16H,4H2/t14-,18+;/m1./s1. The summed E-state index contributed by atoms with van der Waals surface area (Å²) in [6.07, 6.45) is -9.74. The summed E-state index contributed by atoms with van der Waals surface area (Å²) in [7, 11) is 0. The van der Waals surface area contributed by atoms with Gasteiger partial charge in [-0.1, -0.05) is 42.5 Å². The molecule has 0 aromatic heterocycles. The highest BCUT2D eigenvalue weighted by atomic mass is 19.4. The van der Waals surface area contributed by atoms with Crippen molar-refractivity contribution in [2.75, 3.05) is 19.8 Å². The van der Waals surface area contributed by atoms with E-state index < -0.39 is 35.6 Å². The van der Waals surface area contributed by atoms with Gasteiger partial charge in [0.2, 0.25) is 0 Å². The minimum absolute atomic E-state index is 0.0131. The van der Waals surface area contributed by atoms with Crippen molar-refractivity contribution >= 4 is 0 Å². The fraction of sp³-hybridized carbons (Fsp3) is 0.333. The molecule has 1 saturated heterocycles.